The highest BCUT2D eigenvalue weighted by Gasteiger charge is 2.28. The average Bonchev–Trinajstić information content (AvgIpc) is 3.62. The third-order valence-electron chi connectivity index (χ3n) is 10.5. The van der Waals surface area contributed by atoms with Gasteiger partial charge in [-0.15, -0.1) is 0 Å². The van der Waals surface area contributed by atoms with E-state index < -0.39 is 47.8 Å². The highest BCUT2D eigenvalue weighted by molar-refractivity contribution is 6.12. The van der Waals surface area contributed by atoms with Crippen molar-refractivity contribution in [3.05, 3.63) is 71.7 Å². The molecule has 5 rings (SSSR count). The van der Waals surface area contributed by atoms with Gasteiger partial charge in [0, 0.05) is 42.9 Å². The number of hydrogen-bond donors (Lipinski definition) is 10. The molecule has 24 nitrogen and oxygen atoms in total. The Labute approximate surface area is 389 Å². The normalized spacial score (nSPS) is 13.4. The second kappa shape index (κ2) is 23.7. The van der Waals surface area contributed by atoms with Gasteiger partial charge >= 0.3 is 11.9 Å². The number of carboxylic acid groups (broad SMARTS) is 2. The molecule has 1 aliphatic rings. The standard InChI is InChI=1S/C44H54N14O10/c1-23(2)34(55-31(59)10-5-4-8-18-58-32(60)15-16-33(58)61)41(64)51-24(3)39(62)53-27-19-29(42(65)66)37(49-20-27)47-17-7-6-9-30(43(67)68)54-40(63)25-11-13-26(14-12-25)48-21-28-22-50-38-35(52-28)36(45)56-44(46)57-38/h11-16,19-20,22-24,30,34,48H,4-10,17-18,21H2,1-3H3,(H,47,49)(H,51,64)(H,53,62)(H,54,63)(H,55,59)(H,65,66)(H,67,68)(H4,45,46,50,56,57). The monoisotopic (exact) mass is 938 g/mol. The van der Waals surface area contributed by atoms with Gasteiger partial charge in [0.05, 0.1) is 30.3 Å². The van der Waals surface area contributed by atoms with Crippen molar-refractivity contribution < 1.29 is 48.6 Å². The number of carbonyl (C=O) groups excluding carboxylic acids is 6. The molecule has 0 aliphatic carbocycles. The number of carboxylic acids is 2. The van der Waals surface area contributed by atoms with Crippen molar-refractivity contribution in [2.24, 2.45) is 5.92 Å². The Kier molecular flexibility index (Phi) is 17.7. The molecule has 0 saturated carbocycles. The van der Waals surface area contributed by atoms with E-state index in [0.717, 1.165) is 4.90 Å². The zero-order chi connectivity index (χ0) is 49.5. The lowest BCUT2D eigenvalue weighted by molar-refractivity contribution is -0.139. The largest absolute Gasteiger partial charge is 0.480 e. The fraction of sp³-hybridized carbons (Fsp3) is 0.386. The second-order valence-electron chi connectivity index (χ2n) is 16.1. The minimum atomic E-state index is -1.34. The molecule has 3 atom stereocenters. The van der Waals surface area contributed by atoms with E-state index in [1.807, 2.05) is 0 Å². The Balaban J connectivity index is 1.02. The first-order chi connectivity index (χ1) is 32.4. The summed E-state index contributed by atoms with van der Waals surface area (Å²) in [7, 11) is 0. The maximum atomic E-state index is 13.1. The number of rotatable bonds is 25. The molecule has 360 valence electrons. The van der Waals surface area contributed by atoms with Crippen LogP contribution in [-0.2, 0) is 35.3 Å². The number of aromatic carboxylic acids is 1. The Morgan fingerprint density at radius 1 is 0.765 bits per heavy atom. The van der Waals surface area contributed by atoms with Gasteiger partial charge in [-0.2, -0.15) is 9.97 Å². The lowest BCUT2D eigenvalue weighted by Gasteiger charge is -2.24. The number of nitrogen functional groups attached to an aromatic ring is 2. The Morgan fingerprint density at radius 3 is 2.16 bits per heavy atom. The molecule has 24 heteroatoms. The minimum Gasteiger partial charge on any atom is -0.480 e. The number of carbonyl (C=O) groups is 8. The van der Waals surface area contributed by atoms with Crippen molar-refractivity contribution in [3.63, 3.8) is 0 Å². The van der Waals surface area contributed by atoms with Crippen LogP contribution in [0.25, 0.3) is 11.2 Å². The van der Waals surface area contributed by atoms with Crippen molar-refractivity contribution in [1.29, 1.82) is 0 Å². The molecule has 0 fully saturated rings. The number of amides is 6. The summed E-state index contributed by atoms with van der Waals surface area (Å²) in [5, 5.41) is 36.1. The molecular weight excluding hydrogens is 885 g/mol. The summed E-state index contributed by atoms with van der Waals surface area (Å²) >= 11 is 0. The first-order valence-electron chi connectivity index (χ1n) is 21.7. The number of benzene rings is 1. The number of aliphatic carboxylic acids is 1. The number of imide groups is 1. The predicted octanol–water partition coefficient (Wildman–Crippen LogP) is 1.82. The fourth-order valence-electron chi connectivity index (χ4n) is 6.80. The highest BCUT2D eigenvalue weighted by Crippen LogP contribution is 2.20. The third-order valence-corrected chi connectivity index (χ3v) is 10.5. The van der Waals surface area contributed by atoms with Crippen LogP contribution in [0.15, 0.2) is 54.9 Å². The molecule has 3 aromatic heterocycles. The number of anilines is 5. The smallest absolute Gasteiger partial charge is 0.339 e. The van der Waals surface area contributed by atoms with E-state index in [2.05, 4.69) is 56.8 Å². The summed E-state index contributed by atoms with van der Waals surface area (Å²) in [5.74, 6) is -5.80. The summed E-state index contributed by atoms with van der Waals surface area (Å²) in [6, 6.07) is 4.31. The van der Waals surface area contributed by atoms with Gasteiger partial charge in [0.25, 0.3) is 17.7 Å². The molecule has 0 radical (unpaired) electrons. The third kappa shape index (κ3) is 14.3. The van der Waals surface area contributed by atoms with Crippen LogP contribution in [0.3, 0.4) is 0 Å². The molecule has 0 spiro atoms. The second-order valence-corrected chi connectivity index (χ2v) is 16.1. The minimum absolute atomic E-state index is 0.00224. The van der Waals surface area contributed by atoms with E-state index in [0.29, 0.717) is 49.0 Å². The Morgan fingerprint density at radius 2 is 1.49 bits per heavy atom. The Hall–Kier alpha value is -8.31. The maximum absolute atomic E-state index is 13.1. The fourth-order valence-corrected chi connectivity index (χ4v) is 6.80. The first kappa shape index (κ1) is 50.7. The number of pyridine rings is 1. The van der Waals surface area contributed by atoms with E-state index >= 15 is 0 Å². The van der Waals surface area contributed by atoms with E-state index in [1.54, 1.807) is 26.0 Å². The summed E-state index contributed by atoms with van der Waals surface area (Å²) in [5.41, 5.74) is 13.3. The zero-order valence-corrected chi connectivity index (χ0v) is 37.6. The summed E-state index contributed by atoms with van der Waals surface area (Å²) in [4.78, 5) is 121. The number of unbranched alkanes of at least 4 members (excludes halogenated alkanes) is 3. The van der Waals surface area contributed by atoms with Crippen LogP contribution >= 0.6 is 0 Å². The quantitative estimate of drug-likeness (QED) is 0.0335. The number of nitrogens with one attached hydrogen (secondary N) is 6. The summed E-state index contributed by atoms with van der Waals surface area (Å²) in [6.07, 6.45) is 7.63. The lowest BCUT2D eigenvalue weighted by atomic mass is 10.0. The molecule has 68 heavy (non-hydrogen) atoms. The van der Waals surface area contributed by atoms with Crippen LogP contribution in [0.4, 0.5) is 29.0 Å². The van der Waals surface area contributed by atoms with Crippen LogP contribution in [0.5, 0.6) is 0 Å². The van der Waals surface area contributed by atoms with Crippen LogP contribution in [0.2, 0.25) is 0 Å². The number of nitrogens with zero attached hydrogens (tertiary/aromatic N) is 6. The number of fused-ring (bicyclic) bond motifs is 1. The SMILES string of the molecule is CC(NC(=O)C(NC(=O)CCCCCN1C(=O)C=CC1=O)C(C)C)C(=O)Nc1cnc(NCCCCC(NC(=O)c2ccc(NCc3cnc4nc(N)nc(N)c4n3)cc2)C(=O)O)c(C(=O)O)c1. The van der Waals surface area contributed by atoms with E-state index in [9.17, 15) is 48.6 Å². The molecule has 0 saturated heterocycles. The van der Waals surface area contributed by atoms with Crippen molar-refractivity contribution in [3.8, 4) is 0 Å². The van der Waals surface area contributed by atoms with E-state index in [-0.39, 0.29) is 96.2 Å². The topological polar surface area (TPSA) is 369 Å². The van der Waals surface area contributed by atoms with Crippen molar-refractivity contribution >= 4 is 87.5 Å². The van der Waals surface area contributed by atoms with Gasteiger partial charge in [-0.1, -0.05) is 20.3 Å². The average molecular weight is 939 g/mol. The molecule has 3 unspecified atom stereocenters. The number of aromatic nitrogens is 5. The molecular formula is C44H54N14O10. The van der Waals surface area contributed by atoms with Crippen molar-refractivity contribution in [2.75, 3.05) is 40.5 Å². The first-order valence-corrected chi connectivity index (χ1v) is 21.7. The Bertz CT molecular complexity index is 2550. The van der Waals surface area contributed by atoms with E-state index in [4.69, 9.17) is 11.5 Å². The van der Waals surface area contributed by atoms with Gasteiger partial charge < -0.3 is 53.6 Å². The molecule has 1 aromatic carbocycles. The number of hydrogen-bond acceptors (Lipinski definition) is 17. The zero-order valence-electron chi connectivity index (χ0n) is 37.6. The van der Waals surface area contributed by atoms with Gasteiger partial charge in [-0.3, -0.25) is 33.7 Å². The summed E-state index contributed by atoms with van der Waals surface area (Å²) < 4.78 is 0. The van der Waals surface area contributed by atoms with Gasteiger partial charge in [-0.05, 0) is 75.3 Å². The van der Waals surface area contributed by atoms with Crippen LogP contribution in [0, 0.1) is 5.92 Å². The summed E-state index contributed by atoms with van der Waals surface area (Å²) in [6.45, 7) is 5.60. The van der Waals surface area contributed by atoms with Crippen molar-refractivity contribution in [1.82, 2.24) is 45.8 Å². The van der Waals surface area contributed by atoms with Crippen LogP contribution in [-0.4, -0.2) is 119 Å². The van der Waals surface area contributed by atoms with Crippen LogP contribution in [0.1, 0.15) is 92.1 Å². The molecule has 1 aliphatic heterocycles. The van der Waals surface area contributed by atoms with Gasteiger partial charge in [0.2, 0.25) is 23.7 Å². The van der Waals surface area contributed by atoms with Crippen molar-refractivity contribution in [2.45, 2.75) is 90.4 Å². The van der Waals surface area contributed by atoms with Gasteiger partial charge in [-0.25, -0.2) is 24.5 Å². The lowest BCUT2D eigenvalue weighted by Crippen LogP contribution is -2.53. The van der Waals surface area contributed by atoms with Crippen LogP contribution < -0.4 is 43.4 Å². The molecule has 12 N–H and O–H groups in total. The highest BCUT2D eigenvalue weighted by atomic mass is 16.4. The van der Waals surface area contributed by atoms with Gasteiger partial charge in [0.1, 0.15) is 29.5 Å². The molecule has 0 bridgehead atoms. The predicted molar refractivity (Wildman–Crippen MR) is 247 cm³/mol. The molecule has 4 aromatic rings. The molecule has 4 heterocycles. The number of nitrogens with two attached hydrogens (primary N) is 2. The molecule has 6 amide bonds. The van der Waals surface area contributed by atoms with E-state index in [1.165, 1.54) is 49.7 Å². The van der Waals surface area contributed by atoms with Gasteiger partial charge in [0.15, 0.2) is 17.0 Å². The maximum Gasteiger partial charge on any atom is 0.339 e.